The molecule has 4 atom stereocenters. The lowest BCUT2D eigenvalue weighted by Crippen LogP contribution is -2.55. The zero-order chi connectivity index (χ0) is 18.7. The SMILES string of the molecule is CC(O)[C@@H](N)CNNC[C@@H](CC(N)=O)NC(=O)N[C@H](CO)C(=O)O. The van der Waals surface area contributed by atoms with Gasteiger partial charge in [-0.25, -0.2) is 9.59 Å². The Morgan fingerprint density at radius 2 is 1.71 bits per heavy atom. The summed E-state index contributed by atoms with van der Waals surface area (Å²) in [4.78, 5) is 33.4. The third-order valence-electron chi connectivity index (χ3n) is 3.00. The van der Waals surface area contributed by atoms with E-state index in [9.17, 15) is 19.5 Å². The Hall–Kier alpha value is -1.99. The molecule has 0 heterocycles. The van der Waals surface area contributed by atoms with Gasteiger partial charge in [0.25, 0.3) is 0 Å². The summed E-state index contributed by atoms with van der Waals surface area (Å²) in [6, 6.07) is -3.57. The van der Waals surface area contributed by atoms with Crippen LogP contribution in [-0.2, 0) is 9.59 Å². The summed E-state index contributed by atoms with van der Waals surface area (Å²) in [5.41, 5.74) is 16.1. The third kappa shape index (κ3) is 9.91. The number of aliphatic hydroxyl groups excluding tert-OH is 2. The summed E-state index contributed by atoms with van der Waals surface area (Å²) in [6.07, 6.45) is -0.905. The summed E-state index contributed by atoms with van der Waals surface area (Å²) in [5, 5.41) is 31.2. The highest BCUT2D eigenvalue weighted by Gasteiger charge is 2.21. The Labute approximate surface area is 138 Å². The molecule has 24 heavy (non-hydrogen) atoms. The second-order valence-electron chi connectivity index (χ2n) is 5.22. The molecular weight excluding hydrogens is 324 g/mol. The number of amides is 3. The topological polar surface area (TPSA) is 212 Å². The largest absolute Gasteiger partial charge is 0.480 e. The summed E-state index contributed by atoms with van der Waals surface area (Å²) >= 11 is 0. The van der Waals surface area contributed by atoms with Crippen molar-refractivity contribution in [2.24, 2.45) is 11.5 Å². The molecule has 0 aliphatic rings. The predicted molar refractivity (Wildman–Crippen MR) is 83.4 cm³/mol. The van der Waals surface area contributed by atoms with Crippen LogP contribution in [0.4, 0.5) is 4.79 Å². The molecule has 140 valence electrons. The number of aliphatic hydroxyl groups is 2. The van der Waals surface area contributed by atoms with Gasteiger partial charge in [-0.15, -0.1) is 0 Å². The second kappa shape index (κ2) is 11.5. The van der Waals surface area contributed by atoms with E-state index in [4.69, 9.17) is 21.7 Å². The molecule has 1 unspecified atom stereocenters. The molecule has 12 nitrogen and oxygen atoms in total. The highest BCUT2D eigenvalue weighted by molar-refractivity contribution is 5.83. The normalized spacial score (nSPS) is 15.8. The zero-order valence-electron chi connectivity index (χ0n) is 13.4. The van der Waals surface area contributed by atoms with E-state index in [1.165, 1.54) is 6.92 Å². The predicted octanol–water partition coefficient (Wildman–Crippen LogP) is -4.22. The molecule has 0 saturated heterocycles. The van der Waals surface area contributed by atoms with Gasteiger partial charge in [-0.3, -0.25) is 15.6 Å². The lowest BCUT2D eigenvalue weighted by Gasteiger charge is -2.21. The van der Waals surface area contributed by atoms with Crippen molar-refractivity contribution < 1.29 is 29.7 Å². The quantitative estimate of drug-likeness (QED) is 0.123. The van der Waals surface area contributed by atoms with Gasteiger partial charge in [0.05, 0.1) is 18.8 Å². The fourth-order valence-electron chi connectivity index (χ4n) is 1.54. The van der Waals surface area contributed by atoms with Crippen LogP contribution in [-0.4, -0.2) is 77.2 Å². The molecule has 0 aliphatic heterocycles. The minimum absolute atomic E-state index is 0.0831. The summed E-state index contributed by atoms with van der Waals surface area (Å²) in [6.45, 7) is 1.08. The first-order valence-corrected chi connectivity index (χ1v) is 7.25. The number of aliphatic carboxylic acids is 1. The fraction of sp³-hybridized carbons (Fsp3) is 0.750. The number of carboxylic acids is 1. The monoisotopic (exact) mass is 350 g/mol. The van der Waals surface area contributed by atoms with Crippen LogP contribution in [0.15, 0.2) is 0 Å². The fourth-order valence-corrected chi connectivity index (χ4v) is 1.54. The van der Waals surface area contributed by atoms with Crippen molar-refractivity contribution in [3.8, 4) is 0 Å². The van der Waals surface area contributed by atoms with Gasteiger partial charge in [-0.1, -0.05) is 0 Å². The maximum atomic E-state index is 11.7. The van der Waals surface area contributed by atoms with Crippen molar-refractivity contribution in [3.05, 3.63) is 0 Å². The molecule has 0 fully saturated rings. The Morgan fingerprint density at radius 1 is 1.12 bits per heavy atom. The number of rotatable bonds is 12. The van der Waals surface area contributed by atoms with E-state index in [1.807, 2.05) is 5.32 Å². The molecule has 0 bridgehead atoms. The van der Waals surface area contributed by atoms with Gasteiger partial charge in [-0.05, 0) is 6.92 Å². The number of nitrogens with two attached hydrogens (primary N) is 2. The van der Waals surface area contributed by atoms with E-state index in [0.29, 0.717) is 0 Å². The molecule has 12 heteroatoms. The standard InChI is InChI=1S/C12H26N6O6/c1-6(20)8(13)4-16-15-3-7(2-10(14)21)17-12(24)18-9(5-19)11(22)23/h6-9,15-16,19-20H,2-5,13H2,1H3,(H2,14,21)(H,22,23)(H2,17,18,24)/t6?,7-,8+,9-/m1/s1. The number of carbonyl (C=O) groups excluding carboxylic acids is 2. The summed E-state index contributed by atoms with van der Waals surface area (Å²) in [7, 11) is 0. The number of primary amides is 1. The molecular formula is C12H26N6O6. The maximum absolute atomic E-state index is 11.7. The molecule has 3 amide bonds. The molecule has 0 aromatic carbocycles. The van der Waals surface area contributed by atoms with E-state index >= 15 is 0 Å². The third-order valence-corrected chi connectivity index (χ3v) is 3.00. The van der Waals surface area contributed by atoms with Crippen LogP contribution in [0.5, 0.6) is 0 Å². The lowest BCUT2D eigenvalue weighted by atomic mass is 10.2. The van der Waals surface area contributed by atoms with Crippen LogP contribution in [0.2, 0.25) is 0 Å². The van der Waals surface area contributed by atoms with Crippen LogP contribution in [0.25, 0.3) is 0 Å². The van der Waals surface area contributed by atoms with Gasteiger partial charge in [0.2, 0.25) is 5.91 Å². The van der Waals surface area contributed by atoms with Crippen molar-refractivity contribution in [2.45, 2.75) is 37.6 Å². The van der Waals surface area contributed by atoms with E-state index in [0.717, 1.165) is 0 Å². The average Bonchev–Trinajstić information content (AvgIpc) is 2.47. The zero-order valence-corrected chi connectivity index (χ0v) is 13.4. The Morgan fingerprint density at radius 3 is 2.17 bits per heavy atom. The van der Waals surface area contributed by atoms with Crippen molar-refractivity contribution in [3.63, 3.8) is 0 Å². The van der Waals surface area contributed by atoms with E-state index in [2.05, 4.69) is 16.2 Å². The molecule has 0 spiro atoms. The van der Waals surface area contributed by atoms with Gasteiger partial charge in [0, 0.05) is 25.6 Å². The van der Waals surface area contributed by atoms with E-state index < -0.39 is 48.7 Å². The van der Waals surface area contributed by atoms with Gasteiger partial charge >= 0.3 is 12.0 Å². The minimum atomic E-state index is -1.46. The summed E-state index contributed by atoms with van der Waals surface area (Å²) < 4.78 is 0. The van der Waals surface area contributed by atoms with Crippen molar-refractivity contribution in [1.29, 1.82) is 0 Å². The van der Waals surface area contributed by atoms with Crippen molar-refractivity contribution in [2.75, 3.05) is 19.7 Å². The van der Waals surface area contributed by atoms with Gasteiger partial charge in [0.1, 0.15) is 0 Å². The molecule has 0 saturated carbocycles. The van der Waals surface area contributed by atoms with Crippen LogP contribution in [0.3, 0.4) is 0 Å². The molecule has 0 aromatic heterocycles. The number of hydrazine groups is 1. The van der Waals surface area contributed by atoms with Gasteiger partial charge in [-0.2, -0.15) is 0 Å². The highest BCUT2D eigenvalue weighted by Crippen LogP contribution is 1.91. The average molecular weight is 350 g/mol. The number of nitrogens with one attached hydrogen (secondary N) is 4. The Bertz CT molecular complexity index is 421. The first kappa shape index (κ1) is 22.0. The Kier molecular flexibility index (Phi) is 10.6. The number of carbonyl (C=O) groups is 3. The number of carboxylic acid groups (broad SMARTS) is 1. The lowest BCUT2D eigenvalue weighted by molar-refractivity contribution is -0.140. The van der Waals surface area contributed by atoms with Crippen molar-refractivity contribution >= 4 is 17.9 Å². The molecule has 0 aliphatic carbocycles. The first-order valence-electron chi connectivity index (χ1n) is 7.25. The molecule has 0 rings (SSSR count). The second-order valence-corrected chi connectivity index (χ2v) is 5.22. The molecule has 0 radical (unpaired) electrons. The Balaban J connectivity index is 4.37. The van der Waals surface area contributed by atoms with E-state index in [1.54, 1.807) is 0 Å². The minimum Gasteiger partial charge on any atom is -0.480 e. The van der Waals surface area contributed by atoms with Crippen LogP contribution in [0, 0.1) is 0 Å². The molecule has 11 N–H and O–H groups in total. The van der Waals surface area contributed by atoms with Crippen LogP contribution < -0.4 is 33.0 Å². The maximum Gasteiger partial charge on any atom is 0.328 e. The van der Waals surface area contributed by atoms with Gasteiger partial charge in [0.15, 0.2) is 6.04 Å². The number of hydrogen-bond donors (Lipinski definition) is 9. The number of urea groups is 1. The smallest absolute Gasteiger partial charge is 0.328 e. The van der Waals surface area contributed by atoms with Crippen LogP contribution >= 0.6 is 0 Å². The summed E-state index contributed by atoms with van der Waals surface area (Å²) in [5.74, 6) is -2.06. The van der Waals surface area contributed by atoms with Crippen molar-refractivity contribution in [1.82, 2.24) is 21.5 Å². The highest BCUT2D eigenvalue weighted by atomic mass is 16.4. The van der Waals surface area contributed by atoms with Crippen LogP contribution in [0.1, 0.15) is 13.3 Å². The van der Waals surface area contributed by atoms with E-state index in [-0.39, 0.29) is 19.5 Å². The number of hydrogen-bond acceptors (Lipinski definition) is 8. The van der Waals surface area contributed by atoms with Gasteiger partial charge < -0.3 is 37.4 Å². The molecule has 0 aromatic rings. The first-order chi connectivity index (χ1) is 11.2.